The summed E-state index contributed by atoms with van der Waals surface area (Å²) in [5, 5.41) is 13.3. The minimum Gasteiger partial charge on any atom is -0.348 e. The Kier molecular flexibility index (Phi) is 4.81. The fourth-order valence-corrected chi connectivity index (χ4v) is 1.71. The van der Waals surface area contributed by atoms with E-state index >= 15 is 0 Å². The standard InChI is InChI=1S/C15H13N3O4/c19-14(16-9-12-5-7-15(20)17-10-12)6-4-11-2-1-3-13(8-11)18(21)22/h1-8,10H,9H2,(H,16,19)(H,17,20)/b6-4-. The number of aromatic nitrogens is 1. The summed E-state index contributed by atoms with van der Waals surface area (Å²) in [6.07, 6.45) is 4.31. The zero-order valence-corrected chi connectivity index (χ0v) is 11.5. The molecule has 1 amide bonds. The smallest absolute Gasteiger partial charge is 0.270 e. The second-order valence-corrected chi connectivity index (χ2v) is 4.46. The Morgan fingerprint density at radius 3 is 2.82 bits per heavy atom. The van der Waals surface area contributed by atoms with Crippen LogP contribution in [0.1, 0.15) is 11.1 Å². The van der Waals surface area contributed by atoms with Crippen LogP contribution in [0.3, 0.4) is 0 Å². The fraction of sp³-hybridized carbons (Fsp3) is 0.0667. The summed E-state index contributed by atoms with van der Waals surface area (Å²) >= 11 is 0. The van der Waals surface area contributed by atoms with Crippen LogP contribution >= 0.6 is 0 Å². The third-order valence-electron chi connectivity index (χ3n) is 2.82. The Hall–Kier alpha value is -3.22. The molecule has 0 saturated carbocycles. The average Bonchev–Trinajstić information content (AvgIpc) is 2.52. The van der Waals surface area contributed by atoms with Crippen molar-refractivity contribution in [1.29, 1.82) is 0 Å². The minimum atomic E-state index is -0.492. The van der Waals surface area contributed by atoms with Gasteiger partial charge >= 0.3 is 0 Å². The number of benzene rings is 1. The molecule has 2 N–H and O–H groups in total. The number of carbonyl (C=O) groups is 1. The molecule has 112 valence electrons. The molecule has 22 heavy (non-hydrogen) atoms. The van der Waals surface area contributed by atoms with Crippen LogP contribution in [0, 0.1) is 10.1 Å². The van der Waals surface area contributed by atoms with Gasteiger partial charge in [0.05, 0.1) is 4.92 Å². The predicted octanol–water partition coefficient (Wildman–Crippen LogP) is 1.61. The highest BCUT2D eigenvalue weighted by Gasteiger charge is 2.04. The van der Waals surface area contributed by atoms with E-state index in [1.807, 2.05) is 0 Å². The Balaban J connectivity index is 1.93. The third kappa shape index (κ3) is 4.41. The topological polar surface area (TPSA) is 105 Å². The number of aromatic amines is 1. The first-order valence-electron chi connectivity index (χ1n) is 6.42. The summed E-state index contributed by atoms with van der Waals surface area (Å²) in [6, 6.07) is 8.97. The molecular formula is C15H13N3O4. The van der Waals surface area contributed by atoms with Crippen LogP contribution in [0.15, 0.2) is 53.5 Å². The number of nitro benzene ring substituents is 1. The molecule has 1 aromatic carbocycles. The lowest BCUT2D eigenvalue weighted by Crippen LogP contribution is -2.20. The summed E-state index contributed by atoms with van der Waals surface area (Å²) in [4.78, 5) is 35.2. The first-order chi connectivity index (χ1) is 10.5. The van der Waals surface area contributed by atoms with Crippen molar-refractivity contribution in [2.45, 2.75) is 6.54 Å². The van der Waals surface area contributed by atoms with Crippen molar-refractivity contribution < 1.29 is 9.72 Å². The maximum atomic E-state index is 11.7. The molecule has 2 rings (SSSR count). The molecule has 1 aromatic heterocycles. The van der Waals surface area contributed by atoms with Crippen molar-refractivity contribution in [1.82, 2.24) is 10.3 Å². The number of pyridine rings is 1. The maximum Gasteiger partial charge on any atom is 0.270 e. The van der Waals surface area contributed by atoms with Crippen molar-refractivity contribution >= 4 is 17.7 Å². The molecule has 0 atom stereocenters. The van der Waals surface area contributed by atoms with Crippen LogP contribution in [0.2, 0.25) is 0 Å². The van der Waals surface area contributed by atoms with Gasteiger partial charge in [0, 0.05) is 37.0 Å². The summed E-state index contributed by atoms with van der Waals surface area (Å²) in [7, 11) is 0. The maximum absolute atomic E-state index is 11.7. The number of hydrogen-bond donors (Lipinski definition) is 2. The lowest BCUT2D eigenvalue weighted by atomic mass is 10.2. The lowest BCUT2D eigenvalue weighted by Gasteiger charge is -2.01. The van der Waals surface area contributed by atoms with Crippen LogP contribution < -0.4 is 10.9 Å². The second kappa shape index (κ2) is 6.98. The van der Waals surface area contributed by atoms with Crippen molar-refractivity contribution in [3.63, 3.8) is 0 Å². The highest BCUT2D eigenvalue weighted by Crippen LogP contribution is 2.13. The normalized spacial score (nSPS) is 10.5. The van der Waals surface area contributed by atoms with Gasteiger partial charge in [-0.25, -0.2) is 0 Å². The number of nitrogens with one attached hydrogen (secondary N) is 2. The largest absolute Gasteiger partial charge is 0.348 e. The molecule has 1 heterocycles. The van der Waals surface area contributed by atoms with Crippen molar-refractivity contribution in [2.75, 3.05) is 0 Å². The number of amides is 1. The molecule has 0 bridgehead atoms. The number of hydrogen-bond acceptors (Lipinski definition) is 4. The van der Waals surface area contributed by atoms with Gasteiger partial charge < -0.3 is 10.3 Å². The van der Waals surface area contributed by atoms with E-state index < -0.39 is 4.92 Å². The molecule has 0 aliphatic carbocycles. The quantitative estimate of drug-likeness (QED) is 0.497. The average molecular weight is 299 g/mol. The molecule has 0 aliphatic heterocycles. The van der Waals surface area contributed by atoms with Gasteiger partial charge in [0.1, 0.15) is 0 Å². The van der Waals surface area contributed by atoms with Gasteiger partial charge in [-0.3, -0.25) is 19.7 Å². The molecule has 2 aromatic rings. The fourth-order valence-electron chi connectivity index (χ4n) is 1.71. The molecule has 0 fully saturated rings. The van der Waals surface area contributed by atoms with Crippen molar-refractivity contribution in [3.8, 4) is 0 Å². The Morgan fingerprint density at radius 1 is 1.32 bits per heavy atom. The van der Waals surface area contributed by atoms with Crippen LogP contribution in [0.5, 0.6) is 0 Å². The number of rotatable bonds is 5. The number of nitro groups is 1. The zero-order chi connectivity index (χ0) is 15.9. The summed E-state index contributed by atoms with van der Waals surface area (Å²) in [5.41, 5.74) is 1.08. The first-order valence-corrected chi connectivity index (χ1v) is 6.42. The van der Waals surface area contributed by atoms with E-state index in [0.29, 0.717) is 5.56 Å². The summed E-state index contributed by atoms with van der Waals surface area (Å²) < 4.78 is 0. The Morgan fingerprint density at radius 2 is 2.14 bits per heavy atom. The van der Waals surface area contributed by atoms with Gasteiger partial charge in [-0.2, -0.15) is 0 Å². The number of nitrogens with zero attached hydrogens (tertiary/aromatic N) is 1. The predicted molar refractivity (Wildman–Crippen MR) is 81.0 cm³/mol. The molecule has 0 unspecified atom stereocenters. The van der Waals surface area contributed by atoms with E-state index in [1.54, 1.807) is 18.2 Å². The SMILES string of the molecule is O=C(/C=C\c1cccc([N+](=O)[O-])c1)NCc1ccc(=O)[nH]c1. The van der Waals surface area contributed by atoms with Gasteiger partial charge in [-0.05, 0) is 17.2 Å². The van der Waals surface area contributed by atoms with Gasteiger partial charge in [0.15, 0.2) is 0 Å². The van der Waals surface area contributed by atoms with Crippen molar-refractivity contribution in [2.24, 2.45) is 0 Å². The Labute approximate surface area is 125 Å². The van der Waals surface area contributed by atoms with E-state index in [4.69, 9.17) is 0 Å². The highest BCUT2D eigenvalue weighted by atomic mass is 16.6. The molecular weight excluding hydrogens is 286 g/mol. The van der Waals surface area contributed by atoms with Gasteiger partial charge in [0.2, 0.25) is 11.5 Å². The van der Waals surface area contributed by atoms with E-state index in [1.165, 1.54) is 36.5 Å². The molecule has 0 radical (unpaired) electrons. The number of non-ortho nitro benzene ring substituents is 1. The van der Waals surface area contributed by atoms with E-state index in [0.717, 1.165) is 5.56 Å². The Bertz CT molecular complexity index is 760. The summed E-state index contributed by atoms with van der Waals surface area (Å²) in [5.74, 6) is -0.335. The molecule has 0 saturated heterocycles. The summed E-state index contributed by atoms with van der Waals surface area (Å²) in [6.45, 7) is 0.273. The third-order valence-corrected chi connectivity index (χ3v) is 2.82. The molecule has 0 aliphatic rings. The number of H-pyrrole nitrogens is 1. The van der Waals surface area contributed by atoms with Crippen molar-refractivity contribution in [3.05, 3.63) is 80.3 Å². The van der Waals surface area contributed by atoms with Crippen LogP contribution in [-0.4, -0.2) is 15.8 Å². The number of carbonyl (C=O) groups excluding carboxylic acids is 1. The minimum absolute atomic E-state index is 0.0317. The van der Waals surface area contributed by atoms with Crippen LogP contribution in [0.25, 0.3) is 6.08 Å². The van der Waals surface area contributed by atoms with Gasteiger partial charge in [-0.15, -0.1) is 0 Å². The van der Waals surface area contributed by atoms with Crippen LogP contribution in [-0.2, 0) is 11.3 Å². The second-order valence-electron chi connectivity index (χ2n) is 4.46. The van der Waals surface area contributed by atoms with Gasteiger partial charge in [0.25, 0.3) is 5.69 Å². The van der Waals surface area contributed by atoms with E-state index in [9.17, 15) is 19.7 Å². The van der Waals surface area contributed by atoms with E-state index in [-0.39, 0.29) is 23.7 Å². The van der Waals surface area contributed by atoms with Gasteiger partial charge in [-0.1, -0.05) is 18.2 Å². The molecule has 7 nitrogen and oxygen atoms in total. The van der Waals surface area contributed by atoms with E-state index in [2.05, 4.69) is 10.3 Å². The molecule has 0 spiro atoms. The first kappa shape index (κ1) is 15.2. The highest BCUT2D eigenvalue weighted by molar-refractivity contribution is 5.91. The lowest BCUT2D eigenvalue weighted by molar-refractivity contribution is -0.384. The molecule has 7 heteroatoms. The van der Waals surface area contributed by atoms with Crippen LogP contribution in [0.4, 0.5) is 5.69 Å². The zero-order valence-electron chi connectivity index (χ0n) is 11.5. The monoisotopic (exact) mass is 299 g/mol.